The molecule has 15 heteroatoms. The number of nitrogens with zero attached hydrogens (tertiary/aromatic N) is 8. The summed E-state index contributed by atoms with van der Waals surface area (Å²) in [6.45, 7) is 7.72. The van der Waals surface area contributed by atoms with E-state index in [1.807, 2.05) is 13.0 Å². The lowest BCUT2D eigenvalue weighted by Crippen LogP contribution is -2.48. The van der Waals surface area contributed by atoms with Crippen molar-refractivity contribution in [3.63, 3.8) is 0 Å². The maximum Gasteiger partial charge on any atom is 0.227 e. The number of carbonyl (C=O) groups is 1. The molecule has 0 unspecified atom stereocenters. The zero-order valence-electron chi connectivity index (χ0n) is 24.6. The summed E-state index contributed by atoms with van der Waals surface area (Å²) in [5.41, 5.74) is 6.39. The van der Waals surface area contributed by atoms with Crippen LogP contribution in [0.25, 0.3) is 0 Å². The molecule has 6 rings (SSSR count). The van der Waals surface area contributed by atoms with Crippen molar-refractivity contribution >= 4 is 65.0 Å². The number of piperidine rings is 1. The predicted molar refractivity (Wildman–Crippen MR) is 174 cm³/mol. The molecule has 2 atom stereocenters. The zero-order chi connectivity index (χ0) is 30.0. The Kier molecular flexibility index (Phi) is 10.4. The van der Waals surface area contributed by atoms with E-state index in [4.69, 9.17) is 17.3 Å². The molecule has 3 aliphatic rings. The summed E-state index contributed by atoms with van der Waals surface area (Å²) in [4.78, 5) is 42.6. The van der Waals surface area contributed by atoms with Gasteiger partial charge in [0.2, 0.25) is 5.95 Å². The van der Waals surface area contributed by atoms with Gasteiger partial charge in [-0.3, -0.25) is 9.69 Å². The number of pyridine rings is 1. The summed E-state index contributed by atoms with van der Waals surface area (Å²) in [6.07, 6.45) is 9.35. The summed E-state index contributed by atoms with van der Waals surface area (Å²) in [6, 6.07) is 3.57. The van der Waals surface area contributed by atoms with Crippen LogP contribution in [0.4, 0.5) is 23.4 Å². The Balaban J connectivity index is 0.00000384. The maximum atomic E-state index is 12.3. The van der Waals surface area contributed by atoms with Crippen LogP contribution in [0.1, 0.15) is 26.2 Å². The summed E-state index contributed by atoms with van der Waals surface area (Å²) < 4.78 is 0. The molecule has 2 saturated heterocycles. The minimum atomic E-state index is -0.0798. The van der Waals surface area contributed by atoms with Crippen LogP contribution >= 0.6 is 35.8 Å². The molecule has 44 heavy (non-hydrogen) atoms. The van der Waals surface area contributed by atoms with Crippen LogP contribution in [-0.2, 0) is 4.79 Å². The average molecular weight is 662 g/mol. The molecule has 0 aromatic carbocycles. The van der Waals surface area contributed by atoms with Crippen molar-refractivity contribution in [2.24, 2.45) is 17.1 Å². The number of anilines is 4. The average Bonchev–Trinajstić information content (AvgIpc) is 3.23. The third-order valence-corrected chi connectivity index (χ3v) is 10.5. The largest absolute Gasteiger partial charge is 0.395 e. The smallest absolute Gasteiger partial charge is 0.227 e. The van der Waals surface area contributed by atoms with E-state index in [2.05, 4.69) is 44.9 Å². The third-order valence-electron chi connectivity index (χ3n) is 9.01. The van der Waals surface area contributed by atoms with Crippen molar-refractivity contribution in [3.05, 3.63) is 41.9 Å². The normalized spacial score (nSPS) is 21.9. The van der Waals surface area contributed by atoms with Crippen LogP contribution in [0.3, 0.4) is 0 Å². The highest BCUT2D eigenvalue weighted by Gasteiger charge is 2.50. The first kappa shape index (κ1) is 32.6. The molecule has 3 aromatic rings. The second-order valence-electron chi connectivity index (χ2n) is 11.5. The second kappa shape index (κ2) is 14.1. The number of Topliss-reactive ketones (excluding diaryl/α,β-unsaturated/α-hetero) is 1. The van der Waals surface area contributed by atoms with Crippen molar-refractivity contribution in [1.29, 1.82) is 0 Å². The molecule has 0 bridgehead atoms. The summed E-state index contributed by atoms with van der Waals surface area (Å²) in [5.74, 6) is 2.80. The quantitative estimate of drug-likeness (QED) is 0.325. The number of aromatic nitrogens is 5. The van der Waals surface area contributed by atoms with E-state index in [1.54, 1.807) is 30.9 Å². The Morgan fingerprint density at radius 2 is 1.80 bits per heavy atom. The molecule has 12 nitrogen and oxygen atoms in total. The number of halogens is 2. The number of hydrogen-bond acceptors (Lipinski definition) is 13. The van der Waals surface area contributed by atoms with Gasteiger partial charge in [0.05, 0.1) is 24.0 Å². The van der Waals surface area contributed by atoms with E-state index in [9.17, 15) is 9.90 Å². The molecule has 2 aliphatic heterocycles. The van der Waals surface area contributed by atoms with E-state index in [0.717, 1.165) is 67.8 Å². The number of hydrogen-bond donors (Lipinski definition) is 3. The summed E-state index contributed by atoms with van der Waals surface area (Å²) >= 11 is 8.19. The fourth-order valence-corrected chi connectivity index (χ4v) is 7.31. The number of aliphatic hydroxyl groups excluding tert-OH is 1. The highest BCUT2D eigenvalue weighted by Crippen LogP contribution is 2.46. The molecule has 0 radical (unpaired) electrons. The van der Waals surface area contributed by atoms with E-state index in [-0.39, 0.29) is 36.4 Å². The van der Waals surface area contributed by atoms with Gasteiger partial charge in [-0.25, -0.2) is 19.9 Å². The Morgan fingerprint density at radius 3 is 2.45 bits per heavy atom. The summed E-state index contributed by atoms with van der Waals surface area (Å²) in [7, 11) is 0. The van der Waals surface area contributed by atoms with Crippen LogP contribution in [0.5, 0.6) is 0 Å². The van der Waals surface area contributed by atoms with Gasteiger partial charge in [0, 0.05) is 81.5 Å². The number of ketones is 1. The van der Waals surface area contributed by atoms with Crippen molar-refractivity contribution in [2.75, 3.05) is 67.5 Å². The standard InChI is InChI=1S/C29H37ClN10O2S.ClH/c1-19-20(42)16-29(26(19)31)4-8-39(9-5-29)23-17-35-24(18-34-23)43-21-2-6-32-27(25(21)30)36-22-3-7-33-28(37-22)40-12-10-38(11-13-40)14-15-41;/h2-3,6-7,17-19,26,41H,4-5,8-16,31H2,1H3,(H,32,33,36,37);1H/t19-,26+;/m1./s1. The van der Waals surface area contributed by atoms with Gasteiger partial charge in [0.1, 0.15) is 22.4 Å². The van der Waals surface area contributed by atoms with Gasteiger partial charge in [-0.2, -0.15) is 4.98 Å². The third kappa shape index (κ3) is 6.87. The summed E-state index contributed by atoms with van der Waals surface area (Å²) in [5, 5.41) is 13.6. The second-order valence-corrected chi connectivity index (χ2v) is 13.0. The minimum Gasteiger partial charge on any atom is -0.395 e. The number of nitrogens with two attached hydrogens (primary N) is 1. The molecule has 1 saturated carbocycles. The lowest BCUT2D eigenvalue weighted by molar-refractivity contribution is -0.120. The van der Waals surface area contributed by atoms with Gasteiger partial charge in [0.25, 0.3) is 0 Å². The molecule has 1 spiro atoms. The number of aliphatic hydroxyl groups is 1. The highest BCUT2D eigenvalue weighted by atomic mass is 35.5. The van der Waals surface area contributed by atoms with Gasteiger partial charge in [-0.15, -0.1) is 12.4 Å². The van der Waals surface area contributed by atoms with E-state index in [0.29, 0.717) is 41.4 Å². The highest BCUT2D eigenvalue weighted by molar-refractivity contribution is 7.99. The lowest BCUT2D eigenvalue weighted by atomic mass is 9.73. The molecule has 0 amide bonds. The van der Waals surface area contributed by atoms with Gasteiger partial charge >= 0.3 is 0 Å². The molecular formula is C29H38Cl2N10O2S. The monoisotopic (exact) mass is 660 g/mol. The first-order valence-electron chi connectivity index (χ1n) is 14.7. The molecule has 236 valence electrons. The van der Waals surface area contributed by atoms with Gasteiger partial charge in [0.15, 0.2) is 5.82 Å². The van der Waals surface area contributed by atoms with Crippen LogP contribution in [0.2, 0.25) is 5.02 Å². The van der Waals surface area contributed by atoms with Crippen molar-refractivity contribution in [2.45, 2.75) is 42.1 Å². The predicted octanol–water partition coefficient (Wildman–Crippen LogP) is 3.27. The van der Waals surface area contributed by atoms with Gasteiger partial charge < -0.3 is 26.0 Å². The fraction of sp³-hybridized carbons (Fsp3) is 0.517. The molecule has 4 N–H and O–H groups in total. The van der Waals surface area contributed by atoms with Crippen molar-refractivity contribution < 1.29 is 9.90 Å². The first-order valence-corrected chi connectivity index (χ1v) is 15.9. The Morgan fingerprint density at radius 1 is 1.05 bits per heavy atom. The maximum absolute atomic E-state index is 12.3. The fourth-order valence-electron chi connectivity index (χ4n) is 6.28. The van der Waals surface area contributed by atoms with E-state index < -0.39 is 0 Å². The zero-order valence-corrected chi connectivity index (χ0v) is 27.0. The van der Waals surface area contributed by atoms with Crippen LogP contribution < -0.4 is 20.9 Å². The molecule has 5 heterocycles. The first-order chi connectivity index (χ1) is 20.8. The number of rotatable bonds is 8. The number of carbonyl (C=O) groups excluding carboxylic acids is 1. The SMILES string of the molecule is C[C@@H]1C(=O)CC2(CCN(c3cnc(Sc4ccnc(Nc5ccnc(N6CCN(CCO)CC6)n5)c4Cl)cn3)CC2)[C@H]1N.Cl. The minimum absolute atomic E-state index is 0. The van der Waals surface area contributed by atoms with Crippen LogP contribution in [-0.4, -0.2) is 99.2 Å². The number of nitrogens with one attached hydrogen (secondary N) is 1. The molecule has 1 aliphatic carbocycles. The van der Waals surface area contributed by atoms with E-state index >= 15 is 0 Å². The number of piperazine rings is 1. The Bertz CT molecular complexity index is 1440. The van der Waals surface area contributed by atoms with Gasteiger partial charge in [-0.05, 0) is 30.4 Å². The van der Waals surface area contributed by atoms with Crippen molar-refractivity contribution in [1.82, 2.24) is 29.8 Å². The molecule has 3 aromatic heterocycles. The van der Waals surface area contributed by atoms with E-state index in [1.165, 1.54) is 11.8 Å². The van der Waals surface area contributed by atoms with Gasteiger partial charge in [-0.1, -0.05) is 30.3 Å². The Hall–Kier alpha value is -2.81. The number of β-amino-alcohol motifs (C(OH)–C–C–N with tert-alkyl or cyclic N) is 1. The van der Waals surface area contributed by atoms with Crippen molar-refractivity contribution in [3.8, 4) is 0 Å². The van der Waals surface area contributed by atoms with Crippen LogP contribution in [0, 0.1) is 11.3 Å². The Labute approximate surface area is 272 Å². The molecular weight excluding hydrogens is 623 g/mol. The van der Waals surface area contributed by atoms with Crippen LogP contribution in [0.15, 0.2) is 46.8 Å². The lowest BCUT2D eigenvalue weighted by Gasteiger charge is -2.42. The topological polar surface area (TPSA) is 150 Å². The molecule has 3 fully saturated rings.